The van der Waals surface area contributed by atoms with Gasteiger partial charge in [0, 0.05) is 50.2 Å². The maximum Gasteiger partial charge on any atom is 0.252 e. The lowest BCUT2D eigenvalue weighted by molar-refractivity contribution is 0.590. The largest absolute Gasteiger partial charge is 0.455 e. The fourth-order valence-corrected chi connectivity index (χ4v) is 9.77. The third-order valence-electron chi connectivity index (χ3n) is 12.8. The van der Waals surface area contributed by atoms with Crippen LogP contribution in [0.15, 0.2) is 162 Å². The van der Waals surface area contributed by atoms with Gasteiger partial charge < -0.3 is 14.2 Å². The van der Waals surface area contributed by atoms with Gasteiger partial charge in [0.1, 0.15) is 11.2 Å². The van der Waals surface area contributed by atoms with Crippen LogP contribution in [-0.2, 0) is 10.8 Å². The van der Waals surface area contributed by atoms with E-state index in [0.717, 1.165) is 38.8 Å². The number of hydrogen-bond acceptors (Lipinski definition) is 3. The van der Waals surface area contributed by atoms with Gasteiger partial charge in [-0.3, -0.25) is 0 Å². The second-order valence-corrected chi connectivity index (χ2v) is 18.7. The molecule has 0 aliphatic carbocycles. The summed E-state index contributed by atoms with van der Waals surface area (Å²) in [5.74, 6) is 0. The molecule has 2 aliphatic rings. The number of furan rings is 1. The Bertz CT molecular complexity index is 3150. The van der Waals surface area contributed by atoms with Crippen LogP contribution >= 0.6 is 0 Å². The van der Waals surface area contributed by atoms with Crippen LogP contribution in [0.25, 0.3) is 43.8 Å². The summed E-state index contributed by atoms with van der Waals surface area (Å²) in [6.45, 7) is 16.2. The first-order chi connectivity index (χ1) is 28.4. The van der Waals surface area contributed by atoms with Gasteiger partial charge in [-0.2, -0.15) is 0 Å². The van der Waals surface area contributed by atoms with E-state index in [4.69, 9.17) is 4.42 Å². The number of benzene rings is 8. The molecule has 11 rings (SSSR count). The van der Waals surface area contributed by atoms with E-state index >= 15 is 0 Å². The summed E-state index contributed by atoms with van der Waals surface area (Å²) >= 11 is 0. The number of para-hydroxylation sites is 2. The molecule has 0 fully saturated rings. The van der Waals surface area contributed by atoms with Crippen LogP contribution in [0.2, 0.25) is 0 Å². The smallest absolute Gasteiger partial charge is 0.252 e. The lowest BCUT2D eigenvalue weighted by Gasteiger charge is -2.45. The Morgan fingerprint density at radius 3 is 1.90 bits per heavy atom. The summed E-state index contributed by atoms with van der Waals surface area (Å²) in [6.07, 6.45) is 0. The van der Waals surface area contributed by atoms with Crippen LogP contribution in [0.5, 0.6) is 0 Å². The molecule has 0 amide bonds. The molecule has 0 saturated carbocycles. The van der Waals surface area contributed by atoms with Gasteiger partial charge >= 0.3 is 0 Å². The van der Waals surface area contributed by atoms with Crippen molar-refractivity contribution < 1.29 is 4.42 Å². The third-order valence-corrected chi connectivity index (χ3v) is 12.8. The minimum atomic E-state index is -0.0157. The van der Waals surface area contributed by atoms with Crippen molar-refractivity contribution in [2.45, 2.75) is 59.3 Å². The van der Waals surface area contributed by atoms with E-state index in [1.54, 1.807) is 0 Å². The second-order valence-electron chi connectivity index (χ2n) is 18.7. The second kappa shape index (κ2) is 12.7. The highest BCUT2D eigenvalue weighted by Gasteiger charge is 2.44. The molecule has 2 aliphatic heterocycles. The third kappa shape index (κ3) is 5.49. The van der Waals surface area contributed by atoms with E-state index in [2.05, 4.69) is 210 Å². The van der Waals surface area contributed by atoms with E-state index in [0.29, 0.717) is 0 Å². The zero-order chi connectivity index (χ0) is 40.4. The van der Waals surface area contributed by atoms with Gasteiger partial charge in [0.25, 0.3) is 6.71 Å². The topological polar surface area (TPSA) is 19.6 Å². The highest BCUT2D eigenvalue weighted by atomic mass is 16.3. The standard InChI is InChI=1S/C55H47BN2O/c1-34-30-49-52-50(31-34)58(46-20-12-15-35-14-8-9-16-40(35)46)48-33-38(55(5,6)7)24-28-44(48)56(52)45-32-37(54(2,3)4)25-29-47(45)57(49)39-26-22-36(23-27-39)41-18-13-19-43-42-17-10-11-21-51(42)59-53(41)43/h8-33H,1-7H3. The van der Waals surface area contributed by atoms with Gasteiger partial charge in [-0.1, -0.05) is 151 Å². The number of anilines is 6. The van der Waals surface area contributed by atoms with Crippen molar-refractivity contribution in [3.05, 3.63) is 174 Å². The van der Waals surface area contributed by atoms with E-state index < -0.39 is 0 Å². The van der Waals surface area contributed by atoms with Crippen molar-refractivity contribution in [3.63, 3.8) is 0 Å². The van der Waals surface area contributed by atoms with Crippen molar-refractivity contribution in [2.24, 2.45) is 0 Å². The predicted molar refractivity (Wildman–Crippen MR) is 253 cm³/mol. The van der Waals surface area contributed by atoms with Gasteiger partial charge in [0.15, 0.2) is 0 Å². The van der Waals surface area contributed by atoms with Crippen molar-refractivity contribution in [1.29, 1.82) is 0 Å². The average molecular weight is 763 g/mol. The summed E-state index contributed by atoms with van der Waals surface area (Å²) < 4.78 is 6.49. The molecule has 286 valence electrons. The maximum absolute atomic E-state index is 6.49. The minimum absolute atomic E-state index is 0.0136. The molecule has 8 aromatic carbocycles. The van der Waals surface area contributed by atoms with Gasteiger partial charge in [-0.05, 0) is 110 Å². The molecule has 0 saturated heterocycles. The zero-order valence-corrected chi connectivity index (χ0v) is 34.9. The summed E-state index contributed by atoms with van der Waals surface area (Å²) in [5, 5.41) is 4.77. The molecule has 3 nitrogen and oxygen atoms in total. The number of fused-ring (bicyclic) bond motifs is 8. The molecular weight excluding hydrogens is 715 g/mol. The molecule has 0 unspecified atom stereocenters. The normalized spacial score (nSPS) is 13.6. The summed E-state index contributed by atoms with van der Waals surface area (Å²) in [7, 11) is 0. The summed E-state index contributed by atoms with van der Waals surface area (Å²) in [4.78, 5) is 5.09. The molecule has 3 heterocycles. The van der Waals surface area contributed by atoms with Crippen molar-refractivity contribution >= 4 is 89.9 Å². The molecule has 1 aromatic heterocycles. The van der Waals surface area contributed by atoms with Gasteiger partial charge in [-0.25, -0.2) is 0 Å². The first-order valence-corrected chi connectivity index (χ1v) is 21.0. The van der Waals surface area contributed by atoms with E-state index in [9.17, 15) is 0 Å². The SMILES string of the molecule is Cc1cc2c3c(c1)N(c1cccc4ccccc14)c1cc(C(C)(C)C)ccc1B3c1cc(C(C)(C)C)ccc1N2c1ccc(-c2cccc3c2oc2ccccc23)cc1. The fraction of sp³-hybridized carbons (Fsp3) is 0.164. The van der Waals surface area contributed by atoms with Crippen LogP contribution in [0, 0.1) is 6.92 Å². The molecule has 0 bridgehead atoms. The molecule has 0 N–H and O–H groups in total. The molecular formula is C55H47BN2O. The minimum Gasteiger partial charge on any atom is -0.455 e. The number of nitrogens with zero attached hydrogens (tertiary/aromatic N) is 2. The van der Waals surface area contributed by atoms with E-state index in [1.807, 2.05) is 6.07 Å². The Morgan fingerprint density at radius 1 is 0.475 bits per heavy atom. The first-order valence-electron chi connectivity index (χ1n) is 21.0. The lowest BCUT2D eigenvalue weighted by atomic mass is 9.33. The molecule has 0 spiro atoms. The zero-order valence-electron chi connectivity index (χ0n) is 34.9. The quantitative estimate of drug-likeness (QED) is 0.167. The molecule has 0 radical (unpaired) electrons. The Kier molecular flexibility index (Phi) is 7.69. The van der Waals surface area contributed by atoms with Crippen LogP contribution in [0.1, 0.15) is 58.2 Å². The molecule has 59 heavy (non-hydrogen) atoms. The van der Waals surface area contributed by atoms with Crippen LogP contribution < -0.4 is 26.2 Å². The highest BCUT2D eigenvalue weighted by molar-refractivity contribution is 7.00. The molecule has 9 aromatic rings. The fourth-order valence-electron chi connectivity index (χ4n) is 9.77. The van der Waals surface area contributed by atoms with E-state index in [1.165, 1.54) is 72.3 Å². The van der Waals surface area contributed by atoms with Gasteiger partial charge in [-0.15, -0.1) is 0 Å². The Morgan fingerprint density at radius 2 is 1.12 bits per heavy atom. The van der Waals surface area contributed by atoms with Crippen molar-refractivity contribution in [2.75, 3.05) is 9.80 Å². The Balaban J connectivity index is 1.16. The number of rotatable bonds is 3. The molecule has 4 heteroatoms. The van der Waals surface area contributed by atoms with E-state index in [-0.39, 0.29) is 17.5 Å². The summed E-state index contributed by atoms with van der Waals surface area (Å²) in [5.41, 5.74) is 19.2. The van der Waals surface area contributed by atoms with Gasteiger partial charge in [0.2, 0.25) is 0 Å². The van der Waals surface area contributed by atoms with Crippen LogP contribution in [0.3, 0.4) is 0 Å². The molecule has 0 atom stereocenters. The van der Waals surface area contributed by atoms with Crippen LogP contribution in [-0.4, -0.2) is 6.71 Å². The van der Waals surface area contributed by atoms with Crippen molar-refractivity contribution in [1.82, 2.24) is 0 Å². The number of aryl methyl sites for hydroxylation is 1. The van der Waals surface area contributed by atoms with Crippen LogP contribution in [0.4, 0.5) is 34.1 Å². The summed E-state index contributed by atoms with van der Waals surface area (Å²) in [6, 6.07) is 58.8. The highest BCUT2D eigenvalue weighted by Crippen LogP contribution is 2.47. The monoisotopic (exact) mass is 762 g/mol. The van der Waals surface area contributed by atoms with Gasteiger partial charge in [0.05, 0.1) is 5.69 Å². The van der Waals surface area contributed by atoms with Crippen molar-refractivity contribution in [3.8, 4) is 11.1 Å². The lowest BCUT2D eigenvalue weighted by Crippen LogP contribution is -2.61. The maximum atomic E-state index is 6.49. The Labute approximate surface area is 347 Å². The first kappa shape index (κ1) is 35.6. The number of hydrogen-bond donors (Lipinski definition) is 0. The predicted octanol–water partition coefficient (Wildman–Crippen LogP) is 13.4. The average Bonchev–Trinajstić information content (AvgIpc) is 3.61. The Hall–Kier alpha value is -6.52.